The van der Waals surface area contributed by atoms with Crippen LogP contribution in [0, 0.1) is 5.92 Å². The fraction of sp³-hybridized carbons (Fsp3) is 0.778. The average Bonchev–Trinajstić information content (AvgIpc) is 2.89. The lowest BCUT2D eigenvalue weighted by molar-refractivity contribution is 0.164. The van der Waals surface area contributed by atoms with E-state index in [1.807, 2.05) is 12.2 Å². The Morgan fingerprint density at radius 2 is 1.00 bits per heavy atom. The molecule has 222 valence electrons. The molecular weight excluding hydrogens is 464 g/mol. The lowest BCUT2D eigenvalue weighted by Crippen LogP contribution is -2.04. The summed E-state index contributed by atoms with van der Waals surface area (Å²) in [7, 11) is 0. The molecule has 2 unspecified atom stereocenters. The van der Waals surface area contributed by atoms with Crippen LogP contribution < -0.4 is 0 Å². The van der Waals surface area contributed by atoms with Crippen molar-refractivity contribution in [3.8, 4) is 0 Å². The number of aliphatic hydroxyl groups excluding tert-OH is 2. The first-order valence-electron chi connectivity index (χ1n) is 16.5. The Balaban J connectivity index is 3.39. The van der Waals surface area contributed by atoms with Crippen LogP contribution in [0.25, 0.3) is 0 Å². The van der Waals surface area contributed by atoms with Gasteiger partial charge in [-0.3, -0.25) is 0 Å². The maximum Gasteiger partial charge on any atom is 0.0755 e. The minimum atomic E-state index is -0.369. The fourth-order valence-corrected chi connectivity index (χ4v) is 4.72. The first-order chi connectivity index (χ1) is 18.6. The van der Waals surface area contributed by atoms with Gasteiger partial charge in [0, 0.05) is 0 Å². The van der Waals surface area contributed by atoms with Crippen molar-refractivity contribution >= 4 is 0 Å². The Bertz CT molecular complexity index is 572. The topological polar surface area (TPSA) is 40.5 Å². The summed E-state index contributed by atoms with van der Waals surface area (Å²) in [5.74, 6) is 0.875. The summed E-state index contributed by atoms with van der Waals surface area (Å²) in [6.07, 6.45) is 43.4. The molecule has 0 aromatic carbocycles. The SMILES string of the molecule is CC/C=C\CC(O)/C=C/CCCCC(O)C/C=C\C/C=C\CCCCCCCCCCCCCCC(C)C. The average molecular weight is 531 g/mol. The van der Waals surface area contributed by atoms with Gasteiger partial charge in [-0.2, -0.15) is 0 Å². The first-order valence-corrected chi connectivity index (χ1v) is 16.5. The second-order valence-corrected chi connectivity index (χ2v) is 11.7. The summed E-state index contributed by atoms with van der Waals surface area (Å²) < 4.78 is 0. The van der Waals surface area contributed by atoms with Gasteiger partial charge in [0.2, 0.25) is 0 Å². The summed E-state index contributed by atoms with van der Waals surface area (Å²) in [5, 5.41) is 20.0. The van der Waals surface area contributed by atoms with Crippen LogP contribution in [-0.4, -0.2) is 22.4 Å². The standard InChI is InChI=1S/C36H66O2/c1-4-5-24-30-35(37)32-27-22-23-28-33-36(38)31-26-21-19-17-15-13-11-9-7-6-8-10-12-14-16-18-20-25-29-34(2)3/h5,15,17,21,24,26-27,32,34-38H,4,6-14,16,18-20,22-23,25,28-31,33H2,1-3H3/b17-15-,24-5-,26-21-,32-27+. The third-order valence-electron chi connectivity index (χ3n) is 7.21. The molecule has 0 aromatic rings. The minimum Gasteiger partial charge on any atom is -0.393 e. The van der Waals surface area contributed by atoms with Crippen molar-refractivity contribution in [2.45, 2.75) is 174 Å². The smallest absolute Gasteiger partial charge is 0.0755 e. The van der Waals surface area contributed by atoms with Gasteiger partial charge in [-0.05, 0) is 63.7 Å². The largest absolute Gasteiger partial charge is 0.393 e. The fourth-order valence-electron chi connectivity index (χ4n) is 4.72. The van der Waals surface area contributed by atoms with Gasteiger partial charge in [0.05, 0.1) is 12.2 Å². The van der Waals surface area contributed by atoms with Crippen molar-refractivity contribution in [1.29, 1.82) is 0 Å². The number of hydrogen-bond donors (Lipinski definition) is 2. The molecule has 0 rings (SSSR count). The van der Waals surface area contributed by atoms with Gasteiger partial charge >= 0.3 is 0 Å². The molecule has 0 aromatic heterocycles. The van der Waals surface area contributed by atoms with Gasteiger partial charge in [-0.25, -0.2) is 0 Å². The molecule has 38 heavy (non-hydrogen) atoms. The Morgan fingerprint density at radius 1 is 0.500 bits per heavy atom. The maximum absolute atomic E-state index is 10.1. The van der Waals surface area contributed by atoms with Crippen LogP contribution in [0.5, 0.6) is 0 Å². The number of aliphatic hydroxyl groups is 2. The van der Waals surface area contributed by atoms with Crippen LogP contribution in [0.3, 0.4) is 0 Å². The van der Waals surface area contributed by atoms with Crippen LogP contribution in [0.1, 0.15) is 162 Å². The van der Waals surface area contributed by atoms with Gasteiger partial charge in [-0.1, -0.05) is 153 Å². The predicted molar refractivity (Wildman–Crippen MR) is 171 cm³/mol. The van der Waals surface area contributed by atoms with E-state index in [2.05, 4.69) is 57.2 Å². The molecule has 0 aliphatic heterocycles. The quantitative estimate of drug-likeness (QED) is 0.0780. The molecule has 0 spiro atoms. The Labute approximate surface area is 238 Å². The molecule has 0 aliphatic carbocycles. The molecule has 0 heterocycles. The summed E-state index contributed by atoms with van der Waals surface area (Å²) in [4.78, 5) is 0. The molecule has 0 bridgehead atoms. The van der Waals surface area contributed by atoms with E-state index in [9.17, 15) is 10.2 Å². The zero-order valence-corrected chi connectivity index (χ0v) is 25.8. The molecule has 0 aliphatic rings. The Morgan fingerprint density at radius 3 is 1.63 bits per heavy atom. The van der Waals surface area contributed by atoms with Crippen LogP contribution in [0.2, 0.25) is 0 Å². The zero-order chi connectivity index (χ0) is 27.9. The highest BCUT2D eigenvalue weighted by atomic mass is 16.3. The van der Waals surface area contributed by atoms with Gasteiger partial charge in [-0.15, -0.1) is 0 Å². The molecule has 2 atom stereocenters. The molecule has 0 saturated heterocycles. The zero-order valence-electron chi connectivity index (χ0n) is 25.8. The van der Waals surface area contributed by atoms with E-state index in [1.165, 1.54) is 89.9 Å². The lowest BCUT2D eigenvalue weighted by Gasteiger charge is -2.06. The second-order valence-electron chi connectivity index (χ2n) is 11.7. The van der Waals surface area contributed by atoms with Crippen molar-refractivity contribution in [1.82, 2.24) is 0 Å². The maximum atomic E-state index is 10.1. The van der Waals surface area contributed by atoms with Crippen LogP contribution in [0.15, 0.2) is 48.6 Å². The van der Waals surface area contributed by atoms with E-state index in [1.54, 1.807) is 0 Å². The highest BCUT2D eigenvalue weighted by molar-refractivity contribution is 4.95. The first kappa shape index (κ1) is 36.9. The van der Waals surface area contributed by atoms with Crippen LogP contribution >= 0.6 is 0 Å². The van der Waals surface area contributed by atoms with E-state index in [0.717, 1.165) is 50.9 Å². The normalized spacial score (nSPS) is 14.3. The van der Waals surface area contributed by atoms with Gasteiger partial charge in [0.15, 0.2) is 0 Å². The summed E-state index contributed by atoms with van der Waals surface area (Å²) in [6, 6.07) is 0. The highest BCUT2D eigenvalue weighted by Gasteiger charge is 2.01. The number of allylic oxidation sites excluding steroid dienone is 5. The van der Waals surface area contributed by atoms with Crippen molar-refractivity contribution in [2.24, 2.45) is 5.92 Å². The van der Waals surface area contributed by atoms with E-state index < -0.39 is 0 Å². The van der Waals surface area contributed by atoms with Gasteiger partial charge in [0.25, 0.3) is 0 Å². The third-order valence-corrected chi connectivity index (χ3v) is 7.21. The Hall–Kier alpha value is -1.12. The molecule has 2 heteroatoms. The molecule has 2 nitrogen and oxygen atoms in total. The van der Waals surface area contributed by atoms with Crippen molar-refractivity contribution in [3.05, 3.63) is 48.6 Å². The molecule has 0 saturated carbocycles. The van der Waals surface area contributed by atoms with Gasteiger partial charge in [0.1, 0.15) is 0 Å². The van der Waals surface area contributed by atoms with Crippen molar-refractivity contribution in [3.63, 3.8) is 0 Å². The Kier molecular flexibility index (Phi) is 29.5. The number of unbranched alkanes of at least 4 members (excludes halogenated alkanes) is 14. The van der Waals surface area contributed by atoms with Crippen molar-refractivity contribution in [2.75, 3.05) is 0 Å². The summed E-state index contributed by atoms with van der Waals surface area (Å²) in [5.41, 5.74) is 0. The monoisotopic (exact) mass is 531 g/mol. The second kappa shape index (κ2) is 30.4. The number of hydrogen-bond acceptors (Lipinski definition) is 2. The molecule has 0 amide bonds. The predicted octanol–water partition coefficient (Wildman–Crippen LogP) is 11.2. The summed E-state index contributed by atoms with van der Waals surface area (Å²) in [6.45, 7) is 6.76. The van der Waals surface area contributed by atoms with E-state index in [-0.39, 0.29) is 12.2 Å². The highest BCUT2D eigenvalue weighted by Crippen LogP contribution is 2.14. The van der Waals surface area contributed by atoms with Crippen LogP contribution in [0.4, 0.5) is 0 Å². The minimum absolute atomic E-state index is 0.233. The van der Waals surface area contributed by atoms with Gasteiger partial charge < -0.3 is 10.2 Å². The van der Waals surface area contributed by atoms with E-state index >= 15 is 0 Å². The van der Waals surface area contributed by atoms with Crippen LogP contribution in [-0.2, 0) is 0 Å². The number of rotatable bonds is 28. The lowest BCUT2D eigenvalue weighted by atomic mass is 10.0. The van der Waals surface area contributed by atoms with Crippen molar-refractivity contribution < 1.29 is 10.2 Å². The molecule has 0 fully saturated rings. The molecule has 0 radical (unpaired) electrons. The molecular formula is C36H66O2. The van der Waals surface area contributed by atoms with E-state index in [4.69, 9.17) is 0 Å². The van der Waals surface area contributed by atoms with E-state index in [0.29, 0.717) is 6.42 Å². The third kappa shape index (κ3) is 31.1. The molecule has 2 N–H and O–H groups in total. The summed E-state index contributed by atoms with van der Waals surface area (Å²) >= 11 is 0.